The second-order valence-electron chi connectivity index (χ2n) is 8.00. The van der Waals surface area contributed by atoms with Crippen molar-refractivity contribution in [2.45, 2.75) is 39.5 Å². The summed E-state index contributed by atoms with van der Waals surface area (Å²) in [4.78, 5) is 22.5. The predicted molar refractivity (Wildman–Crippen MR) is 108 cm³/mol. The number of hydrogen-bond donors (Lipinski definition) is 0. The van der Waals surface area contributed by atoms with E-state index in [-0.39, 0.29) is 5.41 Å². The minimum Gasteiger partial charge on any atom is -0.494 e. The van der Waals surface area contributed by atoms with Crippen LogP contribution in [0.3, 0.4) is 0 Å². The molecule has 0 aliphatic carbocycles. The fraction of sp³-hybridized carbons (Fsp3) is 0.545. The number of methoxy groups -OCH3 is 1. The van der Waals surface area contributed by atoms with Crippen LogP contribution in [0.2, 0.25) is 0 Å². The quantitative estimate of drug-likeness (QED) is 0.825. The molecule has 5 nitrogen and oxygen atoms in total. The number of aryl methyl sites for hydroxylation is 1. The summed E-state index contributed by atoms with van der Waals surface area (Å²) in [5.41, 5.74) is 1.87. The van der Waals surface area contributed by atoms with E-state index in [2.05, 4.69) is 35.8 Å². The molecule has 144 valence electrons. The van der Waals surface area contributed by atoms with E-state index in [0.717, 1.165) is 74.3 Å². The summed E-state index contributed by atoms with van der Waals surface area (Å²) >= 11 is 0. The number of carbonyl (C=O) groups excluding carboxylic acids is 1. The Morgan fingerprint density at radius 1 is 1.26 bits per heavy atom. The summed E-state index contributed by atoms with van der Waals surface area (Å²) in [5.74, 6) is 2.12. The fourth-order valence-electron chi connectivity index (χ4n) is 4.78. The van der Waals surface area contributed by atoms with Crippen molar-refractivity contribution in [3.05, 3.63) is 29.8 Å². The fourth-order valence-corrected chi connectivity index (χ4v) is 4.78. The molecule has 2 fully saturated rings. The molecule has 0 bridgehead atoms. The maximum atomic E-state index is 13.2. The molecule has 1 aromatic heterocycles. The van der Waals surface area contributed by atoms with Gasteiger partial charge in [-0.15, -0.1) is 0 Å². The Kier molecular flexibility index (Phi) is 4.70. The molecule has 2 aliphatic heterocycles. The van der Waals surface area contributed by atoms with Gasteiger partial charge in [-0.1, -0.05) is 19.1 Å². The lowest BCUT2D eigenvalue weighted by Crippen LogP contribution is -2.50. The Hall–Kier alpha value is -2.30. The van der Waals surface area contributed by atoms with Gasteiger partial charge in [-0.25, -0.2) is 4.98 Å². The lowest BCUT2D eigenvalue weighted by molar-refractivity contribution is -0.145. The van der Waals surface area contributed by atoms with E-state index in [1.165, 1.54) is 5.56 Å². The maximum absolute atomic E-state index is 13.2. The largest absolute Gasteiger partial charge is 0.494 e. The molecule has 2 aromatic rings. The topological polar surface area (TPSA) is 45.7 Å². The van der Waals surface area contributed by atoms with Crippen molar-refractivity contribution in [1.82, 2.24) is 9.88 Å². The number of piperidine rings is 1. The van der Waals surface area contributed by atoms with Crippen molar-refractivity contribution in [3.8, 4) is 5.75 Å². The van der Waals surface area contributed by atoms with Gasteiger partial charge in [-0.05, 0) is 50.3 Å². The molecular weight excluding hydrogens is 338 g/mol. The van der Waals surface area contributed by atoms with Crippen LogP contribution in [-0.4, -0.2) is 49.1 Å². The summed E-state index contributed by atoms with van der Waals surface area (Å²) in [7, 11) is 1.69. The van der Waals surface area contributed by atoms with Gasteiger partial charge in [0, 0.05) is 31.6 Å². The predicted octanol–water partition coefficient (Wildman–Crippen LogP) is 3.78. The van der Waals surface area contributed by atoms with Crippen molar-refractivity contribution in [2.24, 2.45) is 5.41 Å². The number of hydrogen-bond acceptors (Lipinski definition) is 4. The molecule has 4 rings (SSSR count). The van der Waals surface area contributed by atoms with E-state index in [9.17, 15) is 4.79 Å². The summed E-state index contributed by atoms with van der Waals surface area (Å²) in [6, 6.07) is 8.20. The smallest absolute Gasteiger partial charge is 0.230 e. The molecular formula is C22H29N3O2. The lowest BCUT2D eigenvalue weighted by atomic mass is 9.78. The second-order valence-corrected chi connectivity index (χ2v) is 8.00. The third kappa shape index (κ3) is 3.03. The number of benzene rings is 1. The molecule has 0 unspecified atom stereocenters. The average Bonchev–Trinajstić information content (AvgIpc) is 3.10. The number of aromatic nitrogens is 1. The summed E-state index contributed by atoms with van der Waals surface area (Å²) in [6.07, 6.45) is 4.06. The molecule has 27 heavy (non-hydrogen) atoms. The molecule has 1 spiro atoms. The van der Waals surface area contributed by atoms with Crippen molar-refractivity contribution in [1.29, 1.82) is 0 Å². The SMILES string of the molecule is CCCN1CCC[C@@]2(CCN(c3cc(C)c4cccc(OC)c4n3)C2)C1=O. The maximum Gasteiger partial charge on any atom is 0.230 e. The van der Waals surface area contributed by atoms with Gasteiger partial charge in [-0.2, -0.15) is 0 Å². The van der Waals surface area contributed by atoms with Crippen LogP contribution in [0.5, 0.6) is 5.75 Å². The first-order chi connectivity index (χ1) is 13.1. The highest BCUT2D eigenvalue weighted by atomic mass is 16.5. The van der Waals surface area contributed by atoms with E-state index >= 15 is 0 Å². The Morgan fingerprint density at radius 2 is 2.11 bits per heavy atom. The Morgan fingerprint density at radius 3 is 2.89 bits per heavy atom. The van der Waals surface area contributed by atoms with E-state index in [0.29, 0.717) is 5.91 Å². The van der Waals surface area contributed by atoms with E-state index in [1.54, 1.807) is 7.11 Å². The van der Waals surface area contributed by atoms with Gasteiger partial charge in [0.05, 0.1) is 12.5 Å². The van der Waals surface area contributed by atoms with Gasteiger partial charge in [0.25, 0.3) is 0 Å². The zero-order valence-corrected chi connectivity index (χ0v) is 16.6. The van der Waals surface area contributed by atoms with Crippen LogP contribution >= 0.6 is 0 Å². The van der Waals surface area contributed by atoms with Crippen molar-refractivity contribution < 1.29 is 9.53 Å². The first kappa shape index (κ1) is 18.1. The number of carbonyl (C=O) groups is 1. The number of ether oxygens (including phenoxy) is 1. The summed E-state index contributed by atoms with van der Waals surface area (Å²) < 4.78 is 5.53. The molecule has 0 radical (unpaired) electrons. The third-order valence-corrected chi connectivity index (χ3v) is 6.21. The average molecular weight is 367 g/mol. The number of nitrogens with zero attached hydrogens (tertiary/aromatic N) is 3. The first-order valence-electron chi connectivity index (χ1n) is 10.1. The molecule has 1 atom stereocenters. The Balaban J connectivity index is 1.65. The van der Waals surface area contributed by atoms with Gasteiger partial charge in [-0.3, -0.25) is 4.79 Å². The van der Waals surface area contributed by atoms with Crippen LogP contribution in [0.4, 0.5) is 5.82 Å². The van der Waals surface area contributed by atoms with Crippen LogP contribution in [-0.2, 0) is 4.79 Å². The van der Waals surface area contributed by atoms with Crippen LogP contribution < -0.4 is 9.64 Å². The molecule has 2 saturated heterocycles. The number of pyridine rings is 1. The van der Waals surface area contributed by atoms with Crippen LogP contribution in [0.1, 0.15) is 38.2 Å². The molecule has 0 saturated carbocycles. The number of para-hydroxylation sites is 1. The number of rotatable bonds is 4. The normalized spacial score (nSPS) is 22.9. The van der Waals surface area contributed by atoms with Crippen molar-refractivity contribution in [2.75, 3.05) is 38.2 Å². The number of anilines is 1. The van der Waals surface area contributed by atoms with Gasteiger partial charge in [0.1, 0.15) is 17.1 Å². The number of fused-ring (bicyclic) bond motifs is 1. The highest BCUT2D eigenvalue weighted by Crippen LogP contribution is 2.42. The molecule has 0 N–H and O–H groups in total. The van der Waals surface area contributed by atoms with Crippen molar-refractivity contribution >= 4 is 22.6 Å². The molecule has 1 aromatic carbocycles. The highest BCUT2D eigenvalue weighted by Gasteiger charge is 2.48. The molecule has 2 aliphatic rings. The Labute approximate surface area is 161 Å². The second kappa shape index (κ2) is 7.02. The van der Waals surface area contributed by atoms with Crippen molar-refractivity contribution in [3.63, 3.8) is 0 Å². The highest BCUT2D eigenvalue weighted by molar-refractivity contribution is 5.89. The van der Waals surface area contributed by atoms with Crippen LogP contribution in [0.25, 0.3) is 10.9 Å². The number of amides is 1. The van der Waals surface area contributed by atoms with Crippen LogP contribution in [0.15, 0.2) is 24.3 Å². The van der Waals surface area contributed by atoms with Gasteiger partial charge in [0.2, 0.25) is 5.91 Å². The first-order valence-corrected chi connectivity index (χ1v) is 10.1. The minimum absolute atomic E-state index is 0.223. The number of likely N-dealkylation sites (tertiary alicyclic amines) is 1. The van der Waals surface area contributed by atoms with Crippen LogP contribution in [0, 0.1) is 12.3 Å². The van der Waals surface area contributed by atoms with Gasteiger partial charge >= 0.3 is 0 Å². The standard InChI is InChI=1S/C22H29N3O2/c1-4-11-24-12-6-9-22(21(24)26)10-13-25(15-22)19-14-16(2)17-7-5-8-18(27-3)20(17)23-19/h5,7-8,14H,4,6,9-13,15H2,1-3H3/t22-/m0/s1. The van der Waals surface area contributed by atoms with Gasteiger partial charge in [0.15, 0.2) is 0 Å². The zero-order chi connectivity index (χ0) is 19.0. The molecule has 3 heterocycles. The van der Waals surface area contributed by atoms with E-state index in [4.69, 9.17) is 9.72 Å². The minimum atomic E-state index is -0.223. The summed E-state index contributed by atoms with van der Waals surface area (Å²) in [5, 5.41) is 1.12. The van der Waals surface area contributed by atoms with E-state index in [1.807, 2.05) is 12.1 Å². The summed E-state index contributed by atoms with van der Waals surface area (Å²) in [6.45, 7) is 7.72. The Bertz CT molecular complexity index is 864. The monoisotopic (exact) mass is 367 g/mol. The van der Waals surface area contributed by atoms with Gasteiger partial charge < -0.3 is 14.5 Å². The molecule has 1 amide bonds. The zero-order valence-electron chi connectivity index (χ0n) is 16.6. The molecule has 5 heteroatoms. The lowest BCUT2D eigenvalue weighted by Gasteiger charge is -2.39. The van der Waals surface area contributed by atoms with E-state index < -0.39 is 0 Å². The third-order valence-electron chi connectivity index (χ3n) is 6.21.